The SMILES string of the molecule is CCCCC(CC)COP(=O)([O-])OCC(CC)CCCC.CC[NH+](CC)CC. The molecule has 0 bridgehead atoms. The van der Waals surface area contributed by atoms with Gasteiger partial charge in [-0.15, -0.1) is 0 Å². The summed E-state index contributed by atoms with van der Waals surface area (Å²) in [6.45, 7) is 19.4. The Morgan fingerprint density at radius 1 is 0.750 bits per heavy atom. The maximum atomic E-state index is 11.8. The molecule has 0 aliphatic carbocycles. The molecule has 0 fully saturated rings. The van der Waals surface area contributed by atoms with Crippen LogP contribution in [-0.2, 0) is 13.6 Å². The number of rotatable bonds is 17. The molecule has 172 valence electrons. The van der Waals surface area contributed by atoms with Crippen LogP contribution in [0.1, 0.15) is 99.8 Å². The van der Waals surface area contributed by atoms with Gasteiger partial charge in [0.25, 0.3) is 7.82 Å². The number of hydrogen-bond acceptors (Lipinski definition) is 4. The molecule has 0 aromatic carbocycles. The van der Waals surface area contributed by atoms with Crippen LogP contribution in [0.15, 0.2) is 0 Å². The van der Waals surface area contributed by atoms with Crippen molar-refractivity contribution in [2.75, 3.05) is 32.8 Å². The Bertz CT molecular complexity index is 335. The fraction of sp³-hybridized carbons (Fsp3) is 1.00. The van der Waals surface area contributed by atoms with E-state index < -0.39 is 7.82 Å². The van der Waals surface area contributed by atoms with Crippen LogP contribution in [0.5, 0.6) is 0 Å². The third kappa shape index (κ3) is 18.1. The van der Waals surface area contributed by atoms with E-state index >= 15 is 0 Å². The van der Waals surface area contributed by atoms with Crippen LogP contribution in [0.3, 0.4) is 0 Å². The molecule has 0 aromatic rings. The van der Waals surface area contributed by atoms with Crippen molar-refractivity contribution in [2.24, 2.45) is 11.8 Å². The molecule has 2 atom stereocenters. The number of phosphoric ester groups is 1. The van der Waals surface area contributed by atoms with E-state index in [0.717, 1.165) is 51.4 Å². The van der Waals surface area contributed by atoms with Crippen LogP contribution in [-0.4, -0.2) is 32.8 Å². The van der Waals surface area contributed by atoms with E-state index in [-0.39, 0.29) is 13.2 Å². The van der Waals surface area contributed by atoms with Crippen molar-refractivity contribution in [3.63, 3.8) is 0 Å². The predicted octanol–water partition coefficient (Wildman–Crippen LogP) is 4.85. The Hall–Kier alpha value is 0.0700. The van der Waals surface area contributed by atoms with Crippen molar-refractivity contribution in [1.29, 1.82) is 0 Å². The lowest BCUT2D eigenvalue weighted by atomic mass is 10.0. The van der Waals surface area contributed by atoms with Crippen LogP contribution in [0.2, 0.25) is 0 Å². The molecular formula is C22H50NO4P. The molecule has 2 unspecified atom stereocenters. The van der Waals surface area contributed by atoms with Crippen molar-refractivity contribution in [3.05, 3.63) is 0 Å². The van der Waals surface area contributed by atoms with Gasteiger partial charge in [0.15, 0.2) is 0 Å². The largest absolute Gasteiger partial charge is 0.756 e. The smallest absolute Gasteiger partial charge is 0.267 e. The average Bonchev–Trinajstić information content (AvgIpc) is 2.70. The minimum Gasteiger partial charge on any atom is -0.756 e. The van der Waals surface area contributed by atoms with Crippen molar-refractivity contribution < 1.29 is 23.4 Å². The van der Waals surface area contributed by atoms with E-state index in [2.05, 4.69) is 48.5 Å². The zero-order chi connectivity index (χ0) is 21.8. The first-order chi connectivity index (χ1) is 13.3. The van der Waals surface area contributed by atoms with Crippen LogP contribution < -0.4 is 9.79 Å². The summed E-state index contributed by atoms with van der Waals surface area (Å²) >= 11 is 0. The Labute approximate surface area is 176 Å². The number of nitrogens with one attached hydrogen (secondary N) is 1. The predicted molar refractivity (Wildman–Crippen MR) is 119 cm³/mol. The summed E-state index contributed by atoms with van der Waals surface area (Å²) in [5, 5.41) is 0. The molecule has 6 heteroatoms. The third-order valence-electron chi connectivity index (χ3n) is 5.52. The van der Waals surface area contributed by atoms with Crippen LogP contribution in [0.25, 0.3) is 0 Å². The number of phosphoric acid groups is 1. The van der Waals surface area contributed by atoms with Gasteiger partial charge in [-0.25, -0.2) is 0 Å². The molecule has 5 nitrogen and oxygen atoms in total. The molecule has 0 amide bonds. The molecule has 0 aliphatic rings. The standard InChI is InChI=1S/C16H35O4P.C6H15N/c1-5-9-11-15(7-3)13-19-21(17,18)20-14-16(8-4)12-10-6-2;1-4-7(5-2)6-3/h15-16H,5-14H2,1-4H3,(H,17,18);4-6H2,1-3H3. The number of unbranched alkanes of at least 4 members (excludes halogenated alkanes) is 2. The molecule has 0 aromatic heterocycles. The van der Waals surface area contributed by atoms with Crippen molar-refractivity contribution in [3.8, 4) is 0 Å². The van der Waals surface area contributed by atoms with Gasteiger partial charge < -0.3 is 18.8 Å². The molecule has 1 N–H and O–H groups in total. The topological polar surface area (TPSA) is 63.0 Å². The summed E-state index contributed by atoms with van der Waals surface area (Å²) in [5.74, 6) is 0.607. The Morgan fingerprint density at radius 2 is 1.11 bits per heavy atom. The second-order valence-electron chi connectivity index (χ2n) is 7.68. The molecule has 0 radical (unpaired) electrons. The van der Waals surface area contributed by atoms with Gasteiger partial charge in [0.05, 0.1) is 32.8 Å². The second kappa shape index (κ2) is 20.3. The van der Waals surface area contributed by atoms with E-state index in [1.54, 1.807) is 4.90 Å². The fourth-order valence-electron chi connectivity index (χ4n) is 2.98. The van der Waals surface area contributed by atoms with Crippen molar-refractivity contribution in [1.82, 2.24) is 0 Å². The number of quaternary nitrogens is 1. The normalized spacial score (nSPS) is 15.6. The highest BCUT2D eigenvalue weighted by Gasteiger charge is 2.16. The minimum atomic E-state index is -4.14. The molecule has 0 spiro atoms. The minimum absolute atomic E-state index is 0.253. The van der Waals surface area contributed by atoms with Gasteiger partial charge >= 0.3 is 0 Å². The quantitative estimate of drug-likeness (QED) is 0.340. The first-order valence-corrected chi connectivity index (χ1v) is 13.2. The van der Waals surface area contributed by atoms with E-state index in [9.17, 15) is 9.46 Å². The zero-order valence-corrected chi connectivity index (χ0v) is 20.8. The highest BCUT2D eigenvalue weighted by Crippen LogP contribution is 2.40. The lowest BCUT2D eigenvalue weighted by molar-refractivity contribution is -0.894. The average molecular weight is 424 g/mol. The zero-order valence-electron chi connectivity index (χ0n) is 19.9. The van der Waals surface area contributed by atoms with E-state index in [1.807, 2.05) is 0 Å². The monoisotopic (exact) mass is 423 g/mol. The van der Waals surface area contributed by atoms with Gasteiger partial charge in [0.2, 0.25) is 0 Å². The summed E-state index contributed by atoms with van der Waals surface area (Å²) in [6, 6.07) is 0. The van der Waals surface area contributed by atoms with Crippen molar-refractivity contribution in [2.45, 2.75) is 99.8 Å². The number of hydrogen-bond donors (Lipinski definition) is 1. The van der Waals surface area contributed by atoms with Gasteiger partial charge in [0, 0.05) is 0 Å². The Morgan fingerprint density at radius 3 is 1.32 bits per heavy atom. The van der Waals surface area contributed by atoms with Gasteiger partial charge in [0.1, 0.15) is 0 Å². The van der Waals surface area contributed by atoms with E-state index in [4.69, 9.17) is 9.05 Å². The maximum absolute atomic E-state index is 11.8. The molecule has 0 rings (SSSR count). The Balaban J connectivity index is 0. The maximum Gasteiger partial charge on any atom is 0.267 e. The van der Waals surface area contributed by atoms with Gasteiger partial charge in [-0.1, -0.05) is 66.2 Å². The molecular weight excluding hydrogens is 373 g/mol. The van der Waals surface area contributed by atoms with Gasteiger partial charge in [-0.3, -0.25) is 4.57 Å². The molecule has 28 heavy (non-hydrogen) atoms. The summed E-state index contributed by atoms with van der Waals surface area (Å²) in [4.78, 5) is 13.5. The third-order valence-corrected chi connectivity index (χ3v) is 6.45. The molecule has 0 heterocycles. The summed E-state index contributed by atoms with van der Waals surface area (Å²) in [7, 11) is -4.14. The molecule has 0 aliphatic heterocycles. The van der Waals surface area contributed by atoms with Crippen LogP contribution >= 0.6 is 7.82 Å². The van der Waals surface area contributed by atoms with Crippen LogP contribution in [0, 0.1) is 11.8 Å². The lowest BCUT2D eigenvalue weighted by Crippen LogP contribution is -3.11. The fourth-order valence-corrected chi connectivity index (χ4v) is 3.84. The van der Waals surface area contributed by atoms with Crippen molar-refractivity contribution >= 4 is 7.82 Å². The highest BCUT2D eigenvalue weighted by atomic mass is 31.2. The van der Waals surface area contributed by atoms with Crippen LogP contribution in [0.4, 0.5) is 0 Å². The lowest BCUT2D eigenvalue weighted by Gasteiger charge is -2.27. The van der Waals surface area contributed by atoms with Gasteiger partial charge in [-0.05, 0) is 45.4 Å². The summed E-state index contributed by atoms with van der Waals surface area (Å²) in [5.41, 5.74) is 0. The second-order valence-corrected chi connectivity index (χ2v) is 9.09. The van der Waals surface area contributed by atoms with Gasteiger partial charge in [-0.2, -0.15) is 0 Å². The van der Waals surface area contributed by atoms with E-state index in [1.165, 1.54) is 19.6 Å². The Kier molecular flexibility index (Phi) is 22.0. The molecule has 0 saturated heterocycles. The highest BCUT2D eigenvalue weighted by molar-refractivity contribution is 7.45. The first-order valence-electron chi connectivity index (χ1n) is 11.8. The van der Waals surface area contributed by atoms with E-state index in [0.29, 0.717) is 11.8 Å². The first kappa shape index (κ1) is 30.3. The summed E-state index contributed by atoms with van der Waals surface area (Å²) < 4.78 is 21.9. The summed E-state index contributed by atoms with van der Waals surface area (Å²) in [6.07, 6.45) is 8.38. The molecule has 0 saturated carbocycles.